The van der Waals surface area contributed by atoms with Gasteiger partial charge in [0.2, 0.25) is 0 Å². The Hall–Kier alpha value is -3.02. The van der Waals surface area contributed by atoms with E-state index in [9.17, 15) is 19.8 Å². The minimum absolute atomic E-state index is 0.0372. The van der Waals surface area contributed by atoms with E-state index in [4.69, 9.17) is 9.47 Å². The molecule has 2 aromatic carbocycles. The van der Waals surface area contributed by atoms with Crippen molar-refractivity contribution >= 4 is 11.9 Å². The molecule has 2 aromatic rings. The zero-order valence-electron chi connectivity index (χ0n) is 15.5. The highest BCUT2D eigenvalue weighted by Crippen LogP contribution is 2.29. The molecule has 1 aliphatic rings. The lowest BCUT2D eigenvalue weighted by atomic mass is 9.83. The largest absolute Gasteiger partial charge is 0.508 e. The van der Waals surface area contributed by atoms with E-state index >= 15 is 0 Å². The molecule has 0 aromatic heterocycles. The first-order valence-corrected chi connectivity index (χ1v) is 9.43. The highest BCUT2D eigenvalue weighted by Gasteiger charge is 2.24. The molecule has 1 aliphatic carbocycles. The Bertz CT molecular complexity index is 754. The van der Waals surface area contributed by atoms with Crippen LogP contribution in [0.15, 0.2) is 48.5 Å². The predicted octanol–water partition coefficient (Wildman–Crippen LogP) is 3.92. The second-order valence-electron chi connectivity index (χ2n) is 7.18. The Kier molecular flexibility index (Phi) is 6.53. The standard InChI is InChI=1S/C22H24O6/c23-19-5-1-3-17(11-19)21(25)27-13-15-7-9-16(10-8-15)14-28-22(26)18-4-2-6-20(24)12-18/h1-6,11-12,15-16,23-24H,7-10,13-14H2. The van der Waals surface area contributed by atoms with Gasteiger partial charge in [0, 0.05) is 0 Å². The molecular formula is C22H24O6. The molecule has 0 bridgehead atoms. The quantitative estimate of drug-likeness (QED) is 0.734. The highest BCUT2D eigenvalue weighted by atomic mass is 16.5. The van der Waals surface area contributed by atoms with Gasteiger partial charge in [-0.1, -0.05) is 12.1 Å². The van der Waals surface area contributed by atoms with Gasteiger partial charge in [0.15, 0.2) is 0 Å². The monoisotopic (exact) mass is 384 g/mol. The molecule has 0 atom stereocenters. The molecule has 0 aliphatic heterocycles. The van der Waals surface area contributed by atoms with Crippen molar-refractivity contribution in [2.75, 3.05) is 13.2 Å². The molecule has 6 nitrogen and oxygen atoms in total. The minimum Gasteiger partial charge on any atom is -0.508 e. The summed E-state index contributed by atoms with van der Waals surface area (Å²) < 4.78 is 10.7. The van der Waals surface area contributed by atoms with Crippen LogP contribution < -0.4 is 0 Å². The first-order chi connectivity index (χ1) is 13.5. The van der Waals surface area contributed by atoms with Crippen LogP contribution in [0.4, 0.5) is 0 Å². The van der Waals surface area contributed by atoms with Crippen molar-refractivity contribution in [3.63, 3.8) is 0 Å². The number of aromatic hydroxyl groups is 2. The molecule has 1 saturated carbocycles. The summed E-state index contributed by atoms with van der Waals surface area (Å²) in [6, 6.07) is 12.2. The van der Waals surface area contributed by atoms with Crippen molar-refractivity contribution in [3.8, 4) is 11.5 Å². The summed E-state index contributed by atoms with van der Waals surface area (Å²) in [5.41, 5.74) is 0.681. The summed E-state index contributed by atoms with van der Waals surface area (Å²) in [6.45, 7) is 0.703. The molecular weight excluding hydrogens is 360 g/mol. The number of hydrogen-bond acceptors (Lipinski definition) is 6. The van der Waals surface area contributed by atoms with Crippen LogP contribution in [0.25, 0.3) is 0 Å². The molecule has 1 fully saturated rings. The normalized spacial score (nSPS) is 19.0. The Labute approximate surface area is 163 Å². The number of phenolic OH excluding ortho intramolecular Hbond substituents is 2. The number of benzene rings is 2. The maximum Gasteiger partial charge on any atom is 0.338 e. The van der Waals surface area contributed by atoms with Gasteiger partial charge in [0.1, 0.15) is 11.5 Å². The second kappa shape index (κ2) is 9.26. The average Bonchev–Trinajstić information content (AvgIpc) is 2.71. The number of carbonyl (C=O) groups excluding carboxylic acids is 2. The number of phenols is 2. The third-order valence-electron chi connectivity index (χ3n) is 5.03. The van der Waals surface area contributed by atoms with E-state index in [0.29, 0.717) is 36.2 Å². The van der Waals surface area contributed by atoms with E-state index in [0.717, 1.165) is 25.7 Å². The summed E-state index contributed by atoms with van der Waals surface area (Å²) >= 11 is 0. The van der Waals surface area contributed by atoms with Gasteiger partial charge in [0.05, 0.1) is 24.3 Å². The number of carbonyl (C=O) groups is 2. The summed E-state index contributed by atoms with van der Waals surface area (Å²) in [4.78, 5) is 24.1. The lowest BCUT2D eigenvalue weighted by Crippen LogP contribution is -2.24. The molecule has 0 amide bonds. The van der Waals surface area contributed by atoms with Crippen LogP contribution in [0.3, 0.4) is 0 Å². The third kappa shape index (κ3) is 5.49. The lowest BCUT2D eigenvalue weighted by molar-refractivity contribution is 0.0297. The van der Waals surface area contributed by atoms with Gasteiger partial charge >= 0.3 is 11.9 Å². The van der Waals surface area contributed by atoms with Gasteiger partial charge in [-0.3, -0.25) is 0 Å². The SMILES string of the molecule is O=C(OCC1CCC(COC(=O)c2cccc(O)c2)CC1)c1cccc(O)c1. The van der Waals surface area contributed by atoms with Crippen molar-refractivity contribution < 1.29 is 29.3 Å². The first-order valence-electron chi connectivity index (χ1n) is 9.43. The highest BCUT2D eigenvalue weighted by molar-refractivity contribution is 5.90. The fourth-order valence-corrected chi connectivity index (χ4v) is 3.38. The van der Waals surface area contributed by atoms with E-state index in [2.05, 4.69) is 0 Å². The fourth-order valence-electron chi connectivity index (χ4n) is 3.38. The maximum absolute atomic E-state index is 12.0. The molecule has 0 unspecified atom stereocenters. The van der Waals surface area contributed by atoms with Crippen LogP contribution in [0, 0.1) is 11.8 Å². The van der Waals surface area contributed by atoms with Gasteiger partial charge in [-0.2, -0.15) is 0 Å². The molecule has 0 heterocycles. The zero-order valence-corrected chi connectivity index (χ0v) is 15.5. The van der Waals surface area contributed by atoms with Crippen LogP contribution in [-0.2, 0) is 9.47 Å². The average molecular weight is 384 g/mol. The van der Waals surface area contributed by atoms with Gasteiger partial charge in [-0.15, -0.1) is 0 Å². The number of ether oxygens (including phenoxy) is 2. The van der Waals surface area contributed by atoms with E-state index < -0.39 is 11.9 Å². The smallest absolute Gasteiger partial charge is 0.338 e. The summed E-state index contributed by atoms with van der Waals surface area (Å²) in [5.74, 6) is -0.208. The Morgan fingerprint density at radius 1 is 0.750 bits per heavy atom. The number of hydrogen-bond donors (Lipinski definition) is 2. The van der Waals surface area contributed by atoms with Crippen molar-refractivity contribution in [1.82, 2.24) is 0 Å². The van der Waals surface area contributed by atoms with E-state index in [-0.39, 0.29) is 11.5 Å². The molecule has 3 rings (SSSR count). The molecule has 28 heavy (non-hydrogen) atoms. The topological polar surface area (TPSA) is 93.1 Å². The van der Waals surface area contributed by atoms with Crippen molar-refractivity contribution in [3.05, 3.63) is 59.7 Å². The summed E-state index contributed by atoms with van der Waals surface area (Å²) in [6.07, 6.45) is 3.62. The van der Waals surface area contributed by atoms with Crippen LogP contribution in [0.1, 0.15) is 46.4 Å². The van der Waals surface area contributed by atoms with Crippen LogP contribution in [0.2, 0.25) is 0 Å². The second-order valence-corrected chi connectivity index (χ2v) is 7.18. The third-order valence-corrected chi connectivity index (χ3v) is 5.03. The Morgan fingerprint density at radius 3 is 1.50 bits per heavy atom. The first kappa shape index (κ1) is 19.7. The molecule has 0 saturated heterocycles. The van der Waals surface area contributed by atoms with Crippen molar-refractivity contribution in [2.45, 2.75) is 25.7 Å². The van der Waals surface area contributed by atoms with Crippen molar-refractivity contribution in [2.24, 2.45) is 11.8 Å². The van der Waals surface area contributed by atoms with Gasteiger partial charge in [-0.05, 0) is 73.9 Å². The fraction of sp³-hybridized carbons (Fsp3) is 0.364. The number of rotatable bonds is 6. The van der Waals surface area contributed by atoms with Gasteiger partial charge < -0.3 is 19.7 Å². The molecule has 0 spiro atoms. The molecule has 2 N–H and O–H groups in total. The van der Waals surface area contributed by atoms with E-state index in [1.807, 2.05) is 0 Å². The van der Waals surface area contributed by atoms with Crippen LogP contribution in [0.5, 0.6) is 11.5 Å². The summed E-state index contributed by atoms with van der Waals surface area (Å²) in [5, 5.41) is 18.9. The van der Waals surface area contributed by atoms with Gasteiger partial charge in [-0.25, -0.2) is 9.59 Å². The Morgan fingerprint density at radius 2 is 1.14 bits per heavy atom. The molecule has 6 heteroatoms. The maximum atomic E-state index is 12.0. The van der Waals surface area contributed by atoms with Crippen LogP contribution in [-0.4, -0.2) is 35.4 Å². The minimum atomic E-state index is -0.432. The lowest BCUT2D eigenvalue weighted by Gasteiger charge is -2.27. The summed E-state index contributed by atoms with van der Waals surface area (Å²) in [7, 11) is 0. The zero-order chi connectivity index (χ0) is 19.9. The Balaban J connectivity index is 1.37. The van der Waals surface area contributed by atoms with E-state index in [1.165, 1.54) is 24.3 Å². The van der Waals surface area contributed by atoms with Crippen molar-refractivity contribution in [1.29, 1.82) is 0 Å². The van der Waals surface area contributed by atoms with E-state index in [1.54, 1.807) is 24.3 Å². The molecule has 148 valence electrons. The predicted molar refractivity (Wildman–Crippen MR) is 102 cm³/mol. The number of esters is 2. The van der Waals surface area contributed by atoms with Crippen LogP contribution >= 0.6 is 0 Å². The van der Waals surface area contributed by atoms with Gasteiger partial charge in [0.25, 0.3) is 0 Å². The molecule has 0 radical (unpaired) electrons.